The number of hydrazone groups is 1. The SMILES string of the molecule is COC(=O)N(C)[C@@H]1CN(C(=O)NC(C)c2ccc(C(F)(F)F)nc2)N=C1c1ccc(OC)cc1. The number of ether oxygens (including phenoxy) is 2. The van der Waals surface area contributed by atoms with Crippen LogP contribution in [0.4, 0.5) is 22.8 Å². The molecule has 3 rings (SSSR count). The lowest BCUT2D eigenvalue weighted by atomic mass is 10.0. The Labute approximate surface area is 194 Å². The Morgan fingerprint density at radius 3 is 2.38 bits per heavy atom. The van der Waals surface area contributed by atoms with Gasteiger partial charge in [-0.1, -0.05) is 6.07 Å². The van der Waals surface area contributed by atoms with Crippen LogP contribution >= 0.6 is 0 Å². The zero-order valence-electron chi connectivity index (χ0n) is 19.0. The number of carbonyl (C=O) groups excluding carboxylic acids is 2. The molecule has 34 heavy (non-hydrogen) atoms. The molecule has 0 saturated carbocycles. The van der Waals surface area contributed by atoms with Crippen molar-refractivity contribution in [3.05, 3.63) is 59.4 Å². The molecule has 0 bridgehead atoms. The van der Waals surface area contributed by atoms with Gasteiger partial charge in [0.1, 0.15) is 11.4 Å². The summed E-state index contributed by atoms with van der Waals surface area (Å²) in [5.41, 5.74) is 0.520. The number of carbonyl (C=O) groups is 2. The molecule has 1 aromatic carbocycles. The van der Waals surface area contributed by atoms with Crippen LogP contribution in [0, 0.1) is 0 Å². The molecule has 1 N–H and O–H groups in total. The average Bonchev–Trinajstić information content (AvgIpc) is 3.28. The molecule has 1 aliphatic rings. The Morgan fingerprint density at radius 2 is 1.85 bits per heavy atom. The zero-order valence-corrected chi connectivity index (χ0v) is 19.0. The minimum Gasteiger partial charge on any atom is -0.497 e. The summed E-state index contributed by atoms with van der Waals surface area (Å²) in [6.45, 7) is 1.67. The smallest absolute Gasteiger partial charge is 0.433 e. The van der Waals surface area contributed by atoms with Crippen LogP contribution in [0.5, 0.6) is 5.75 Å². The molecule has 0 radical (unpaired) electrons. The number of nitrogens with one attached hydrogen (secondary N) is 1. The van der Waals surface area contributed by atoms with Gasteiger partial charge in [-0.05, 0) is 42.8 Å². The van der Waals surface area contributed by atoms with Crippen LogP contribution in [0.15, 0.2) is 47.7 Å². The second-order valence-electron chi connectivity index (χ2n) is 7.54. The molecule has 2 heterocycles. The Kier molecular flexibility index (Phi) is 7.28. The number of nitrogens with zero attached hydrogens (tertiary/aromatic N) is 4. The van der Waals surface area contributed by atoms with Crippen molar-refractivity contribution >= 4 is 17.8 Å². The molecule has 1 aliphatic heterocycles. The van der Waals surface area contributed by atoms with E-state index in [1.54, 1.807) is 31.2 Å². The third kappa shape index (κ3) is 5.38. The monoisotopic (exact) mass is 479 g/mol. The number of methoxy groups -OCH3 is 2. The van der Waals surface area contributed by atoms with E-state index in [-0.39, 0.29) is 6.54 Å². The lowest BCUT2D eigenvalue weighted by Gasteiger charge is -2.25. The van der Waals surface area contributed by atoms with E-state index in [0.29, 0.717) is 22.6 Å². The lowest BCUT2D eigenvalue weighted by molar-refractivity contribution is -0.141. The largest absolute Gasteiger partial charge is 0.497 e. The number of likely N-dealkylation sites (N-methyl/N-ethyl adjacent to an activating group) is 1. The van der Waals surface area contributed by atoms with Gasteiger partial charge in [0, 0.05) is 18.8 Å². The number of hydrogen-bond acceptors (Lipinski definition) is 6. The van der Waals surface area contributed by atoms with Gasteiger partial charge in [0.15, 0.2) is 0 Å². The van der Waals surface area contributed by atoms with Crippen molar-refractivity contribution in [2.45, 2.75) is 25.2 Å². The summed E-state index contributed by atoms with van der Waals surface area (Å²) < 4.78 is 48.2. The Bertz CT molecular complexity index is 1060. The molecule has 0 saturated heterocycles. The predicted octanol–water partition coefficient (Wildman–Crippen LogP) is 3.67. The molecule has 2 atom stereocenters. The number of amides is 3. The summed E-state index contributed by atoms with van der Waals surface area (Å²) >= 11 is 0. The normalized spacial score (nSPS) is 16.5. The number of benzene rings is 1. The number of aromatic nitrogens is 1. The van der Waals surface area contributed by atoms with E-state index in [1.165, 1.54) is 32.2 Å². The lowest BCUT2D eigenvalue weighted by Crippen LogP contribution is -2.46. The molecule has 1 aromatic heterocycles. The molecule has 0 fully saturated rings. The van der Waals surface area contributed by atoms with Crippen LogP contribution in [0.25, 0.3) is 0 Å². The summed E-state index contributed by atoms with van der Waals surface area (Å²) in [6, 6.07) is 7.28. The minimum atomic E-state index is -4.55. The fourth-order valence-corrected chi connectivity index (χ4v) is 3.38. The first kappa shape index (κ1) is 24.8. The van der Waals surface area contributed by atoms with Crippen LogP contribution < -0.4 is 10.1 Å². The quantitative estimate of drug-likeness (QED) is 0.706. The van der Waals surface area contributed by atoms with Gasteiger partial charge in [-0.3, -0.25) is 4.98 Å². The van der Waals surface area contributed by atoms with E-state index >= 15 is 0 Å². The van der Waals surface area contributed by atoms with Gasteiger partial charge in [0.2, 0.25) is 0 Å². The molecular formula is C22H24F3N5O4. The first-order valence-corrected chi connectivity index (χ1v) is 10.2. The van der Waals surface area contributed by atoms with Gasteiger partial charge in [-0.25, -0.2) is 14.6 Å². The molecule has 0 aliphatic carbocycles. The van der Waals surface area contributed by atoms with Crippen molar-refractivity contribution in [1.29, 1.82) is 0 Å². The van der Waals surface area contributed by atoms with E-state index in [4.69, 9.17) is 9.47 Å². The third-order valence-electron chi connectivity index (χ3n) is 5.36. The standard InChI is InChI=1S/C22H24F3N5O4/c1-13(15-7-10-18(26-11-15)22(23,24)25)27-20(31)30-12-17(29(2)21(32)34-4)19(28-30)14-5-8-16(33-3)9-6-14/h5-11,13,17H,12H2,1-4H3,(H,27,31)/t13?,17-/m1/s1. The summed E-state index contributed by atoms with van der Waals surface area (Å²) in [7, 11) is 4.32. The molecule has 3 amide bonds. The fourth-order valence-electron chi connectivity index (χ4n) is 3.38. The van der Waals surface area contributed by atoms with E-state index in [1.807, 2.05) is 0 Å². The number of halogens is 3. The Hall–Kier alpha value is -3.83. The third-order valence-corrected chi connectivity index (χ3v) is 5.36. The zero-order chi connectivity index (χ0) is 25.0. The highest BCUT2D eigenvalue weighted by Crippen LogP contribution is 2.28. The fraction of sp³-hybridized carbons (Fsp3) is 0.364. The molecule has 12 heteroatoms. The van der Waals surface area contributed by atoms with Crippen molar-refractivity contribution in [3.8, 4) is 5.75 Å². The summed E-state index contributed by atoms with van der Waals surface area (Å²) in [4.78, 5) is 29.8. The van der Waals surface area contributed by atoms with E-state index in [9.17, 15) is 22.8 Å². The highest BCUT2D eigenvalue weighted by molar-refractivity contribution is 6.07. The average molecular weight is 479 g/mol. The van der Waals surface area contributed by atoms with Gasteiger partial charge < -0.3 is 19.7 Å². The van der Waals surface area contributed by atoms with Gasteiger partial charge in [-0.15, -0.1) is 0 Å². The second-order valence-corrected chi connectivity index (χ2v) is 7.54. The maximum absolute atomic E-state index is 12.9. The molecule has 1 unspecified atom stereocenters. The first-order valence-electron chi connectivity index (χ1n) is 10.2. The summed E-state index contributed by atoms with van der Waals surface area (Å²) in [5, 5.41) is 8.27. The Balaban J connectivity index is 1.79. The Morgan fingerprint density at radius 1 is 1.18 bits per heavy atom. The van der Waals surface area contributed by atoms with Crippen molar-refractivity contribution in [1.82, 2.24) is 20.2 Å². The van der Waals surface area contributed by atoms with E-state index < -0.39 is 36.1 Å². The van der Waals surface area contributed by atoms with Crippen molar-refractivity contribution in [2.24, 2.45) is 5.10 Å². The highest BCUT2D eigenvalue weighted by Gasteiger charge is 2.37. The summed E-state index contributed by atoms with van der Waals surface area (Å²) in [5.74, 6) is 0.633. The van der Waals surface area contributed by atoms with Crippen LogP contribution in [-0.4, -0.2) is 66.6 Å². The topological polar surface area (TPSA) is 96.4 Å². The number of pyridine rings is 1. The molecular weight excluding hydrogens is 455 g/mol. The van der Waals surface area contributed by atoms with E-state index in [0.717, 1.165) is 17.3 Å². The number of alkyl halides is 3. The van der Waals surface area contributed by atoms with Crippen LogP contribution in [-0.2, 0) is 10.9 Å². The van der Waals surface area contributed by atoms with Crippen LogP contribution in [0.3, 0.4) is 0 Å². The van der Waals surface area contributed by atoms with E-state index in [2.05, 4.69) is 15.4 Å². The van der Waals surface area contributed by atoms with Crippen molar-refractivity contribution in [2.75, 3.05) is 27.8 Å². The number of hydrogen-bond donors (Lipinski definition) is 1. The van der Waals surface area contributed by atoms with Gasteiger partial charge in [0.25, 0.3) is 0 Å². The summed E-state index contributed by atoms with van der Waals surface area (Å²) in [6.07, 6.45) is -4.08. The molecule has 2 aromatic rings. The molecule has 0 spiro atoms. The maximum Gasteiger partial charge on any atom is 0.433 e. The van der Waals surface area contributed by atoms with Gasteiger partial charge in [-0.2, -0.15) is 18.3 Å². The molecule has 182 valence electrons. The van der Waals surface area contributed by atoms with Crippen molar-refractivity contribution < 1.29 is 32.2 Å². The number of rotatable bonds is 5. The van der Waals surface area contributed by atoms with Crippen LogP contribution in [0.2, 0.25) is 0 Å². The first-order chi connectivity index (χ1) is 16.0. The van der Waals surface area contributed by atoms with Gasteiger partial charge >= 0.3 is 18.3 Å². The highest BCUT2D eigenvalue weighted by atomic mass is 19.4. The molecule has 9 nitrogen and oxygen atoms in total. The second kappa shape index (κ2) is 9.98. The predicted molar refractivity (Wildman–Crippen MR) is 116 cm³/mol. The van der Waals surface area contributed by atoms with Crippen molar-refractivity contribution in [3.63, 3.8) is 0 Å². The minimum absolute atomic E-state index is 0.0524. The van der Waals surface area contributed by atoms with Gasteiger partial charge in [0.05, 0.1) is 38.6 Å². The maximum atomic E-state index is 12.9. The van der Waals surface area contributed by atoms with Crippen LogP contribution in [0.1, 0.15) is 29.8 Å². The number of urea groups is 1.